The lowest BCUT2D eigenvalue weighted by Gasteiger charge is -2.16. The molecular weight excluding hydrogens is 198 g/mol. The Morgan fingerprint density at radius 3 is 2.07 bits per heavy atom. The van der Waals surface area contributed by atoms with E-state index in [1.807, 2.05) is 0 Å². The molecule has 78 valence electrons. The molecule has 1 aromatic rings. The third kappa shape index (κ3) is 2.13. The second-order valence-electron chi connectivity index (χ2n) is 3.42. The lowest BCUT2D eigenvalue weighted by atomic mass is 10.3. The van der Waals surface area contributed by atoms with E-state index in [9.17, 15) is 8.42 Å². The summed E-state index contributed by atoms with van der Waals surface area (Å²) >= 11 is 0. The molecule has 1 aromatic carbocycles. The van der Waals surface area contributed by atoms with Crippen molar-refractivity contribution in [3.8, 4) is 0 Å². The summed E-state index contributed by atoms with van der Waals surface area (Å²) in [5.41, 5.74) is 5.58. The highest BCUT2D eigenvalue weighted by atomic mass is 32.2. The Bertz CT molecular complexity index is 384. The molecule has 0 aliphatic carbocycles. The zero-order valence-corrected chi connectivity index (χ0v) is 9.16. The molecule has 0 radical (unpaired) electrons. The molecule has 1 rings (SSSR count). The minimum atomic E-state index is -3.26. The molecule has 0 aliphatic rings. The molecule has 0 saturated heterocycles. The maximum atomic E-state index is 11.9. The fourth-order valence-electron chi connectivity index (χ4n) is 1.11. The Balaban J connectivity index is 3.10. The highest BCUT2D eigenvalue weighted by Crippen LogP contribution is 2.16. The van der Waals surface area contributed by atoms with Crippen LogP contribution >= 0.6 is 0 Å². The van der Waals surface area contributed by atoms with Crippen LogP contribution in [0.3, 0.4) is 0 Å². The van der Waals surface area contributed by atoms with Gasteiger partial charge in [0.25, 0.3) is 0 Å². The number of hydrogen-bond donors (Lipinski definition) is 1. The van der Waals surface area contributed by atoms with Crippen molar-refractivity contribution in [1.82, 2.24) is 0 Å². The topological polar surface area (TPSA) is 60.2 Å². The highest BCUT2D eigenvalue weighted by Gasteiger charge is 2.25. The SMILES string of the molecule is CC(N)C(C)S(=O)(=O)c1ccccc1. The summed E-state index contributed by atoms with van der Waals surface area (Å²) in [6, 6.07) is 8.03. The van der Waals surface area contributed by atoms with Crippen LogP contribution in [0.15, 0.2) is 35.2 Å². The van der Waals surface area contributed by atoms with Crippen molar-refractivity contribution >= 4 is 9.84 Å². The van der Waals surface area contributed by atoms with Crippen molar-refractivity contribution in [2.75, 3.05) is 0 Å². The molecule has 3 nitrogen and oxygen atoms in total. The molecule has 0 aromatic heterocycles. The molecule has 0 saturated carbocycles. The molecular formula is C10H15NO2S. The van der Waals surface area contributed by atoms with Gasteiger partial charge >= 0.3 is 0 Å². The molecule has 2 atom stereocenters. The number of hydrogen-bond acceptors (Lipinski definition) is 3. The Labute approximate surface area is 84.9 Å². The average Bonchev–Trinajstić information content (AvgIpc) is 2.18. The van der Waals surface area contributed by atoms with E-state index in [0.717, 1.165) is 0 Å². The summed E-state index contributed by atoms with van der Waals surface area (Å²) in [7, 11) is -3.26. The molecule has 0 heterocycles. The van der Waals surface area contributed by atoms with Crippen molar-refractivity contribution < 1.29 is 8.42 Å². The van der Waals surface area contributed by atoms with Gasteiger partial charge in [-0.15, -0.1) is 0 Å². The first-order valence-electron chi connectivity index (χ1n) is 4.51. The molecule has 14 heavy (non-hydrogen) atoms. The van der Waals surface area contributed by atoms with Crippen LogP contribution < -0.4 is 5.73 Å². The zero-order valence-electron chi connectivity index (χ0n) is 8.34. The van der Waals surface area contributed by atoms with Gasteiger partial charge in [-0.1, -0.05) is 18.2 Å². The summed E-state index contributed by atoms with van der Waals surface area (Å²) in [5, 5.41) is -0.551. The Hall–Kier alpha value is -0.870. The zero-order chi connectivity index (χ0) is 10.8. The van der Waals surface area contributed by atoms with Gasteiger partial charge in [0.2, 0.25) is 0 Å². The first-order valence-corrected chi connectivity index (χ1v) is 6.05. The van der Waals surface area contributed by atoms with Gasteiger partial charge < -0.3 is 5.73 Å². The number of sulfone groups is 1. The third-order valence-corrected chi connectivity index (χ3v) is 4.64. The Kier molecular flexibility index (Phi) is 3.29. The lowest BCUT2D eigenvalue weighted by molar-refractivity contribution is 0.568. The van der Waals surface area contributed by atoms with Crippen LogP contribution in [0.2, 0.25) is 0 Å². The van der Waals surface area contributed by atoms with Crippen molar-refractivity contribution in [3.63, 3.8) is 0 Å². The van der Waals surface area contributed by atoms with E-state index in [1.165, 1.54) is 0 Å². The van der Waals surface area contributed by atoms with E-state index in [4.69, 9.17) is 5.73 Å². The van der Waals surface area contributed by atoms with Crippen LogP contribution in [-0.2, 0) is 9.84 Å². The Morgan fingerprint density at radius 1 is 1.14 bits per heavy atom. The van der Waals surface area contributed by atoms with Crippen LogP contribution in [0.5, 0.6) is 0 Å². The lowest BCUT2D eigenvalue weighted by Crippen LogP contribution is -2.35. The van der Waals surface area contributed by atoms with Crippen LogP contribution in [0.25, 0.3) is 0 Å². The van der Waals surface area contributed by atoms with Crippen LogP contribution in [0, 0.1) is 0 Å². The second kappa shape index (κ2) is 4.11. The monoisotopic (exact) mass is 213 g/mol. The van der Waals surface area contributed by atoms with E-state index in [0.29, 0.717) is 4.90 Å². The normalized spacial score (nSPS) is 16.2. The fourth-order valence-corrected chi connectivity index (χ4v) is 2.64. The van der Waals surface area contributed by atoms with E-state index in [1.54, 1.807) is 44.2 Å². The average molecular weight is 213 g/mol. The first-order chi connectivity index (χ1) is 6.46. The van der Waals surface area contributed by atoms with E-state index >= 15 is 0 Å². The molecule has 0 bridgehead atoms. The second-order valence-corrected chi connectivity index (χ2v) is 5.73. The summed E-state index contributed by atoms with van der Waals surface area (Å²) < 4.78 is 23.8. The molecule has 0 aliphatic heterocycles. The third-order valence-electron chi connectivity index (χ3n) is 2.30. The predicted molar refractivity (Wildman–Crippen MR) is 56.7 cm³/mol. The van der Waals surface area contributed by atoms with Gasteiger partial charge in [-0.05, 0) is 26.0 Å². The van der Waals surface area contributed by atoms with Gasteiger partial charge in [0.15, 0.2) is 9.84 Å². The van der Waals surface area contributed by atoms with Crippen LogP contribution in [0.4, 0.5) is 0 Å². The van der Waals surface area contributed by atoms with Crippen LogP contribution in [-0.4, -0.2) is 19.7 Å². The fraction of sp³-hybridized carbons (Fsp3) is 0.400. The smallest absolute Gasteiger partial charge is 0.182 e. The molecule has 2 N–H and O–H groups in total. The largest absolute Gasteiger partial charge is 0.327 e. The van der Waals surface area contributed by atoms with Crippen molar-refractivity contribution in [1.29, 1.82) is 0 Å². The standard InChI is InChI=1S/C10H15NO2S/c1-8(11)9(2)14(12,13)10-6-4-3-5-7-10/h3-9H,11H2,1-2H3. The minimum absolute atomic E-state index is 0.338. The summed E-state index contributed by atoms with van der Waals surface area (Å²) in [6.45, 7) is 3.33. The van der Waals surface area contributed by atoms with E-state index in [-0.39, 0.29) is 6.04 Å². The molecule has 0 amide bonds. The van der Waals surface area contributed by atoms with Gasteiger partial charge in [-0.2, -0.15) is 0 Å². The van der Waals surface area contributed by atoms with Gasteiger partial charge in [0, 0.05) is 6.04 Å². The molecule has 0 spiro atoms. The number of benzene rings is 1. The number of nitrogens with two attached hydrogens (primary N) is 1. The molecule has 4 heteroatoms. The van der Waals surface area contributed by atoms with E-state index in [2.05, 4.69) is 0 Å². The van der Waals surface area contributed by atoms with Gasteiger partial charge in [-0.25, -0.2) is 8.42 Å². The maximum absolute atomic E-state index is 11.9. The van der Waals surface area contributed by atoms with Gasteiger partial charge in [0.05, 0.1) is 10.1 Å². The van der Waals surface area contributed by atoms with Gasteiger partial charge in [-0.3, -0.25) is 0 Å². The minimum Gasteiger partial charge on any atom is -0.327 e. The van der Waals surface area contributed by atoms with Crippen LogP contribution in [0.1, 0.15) is 13.8 Å². The highest BCUT2D eigenvalue weighted by molar-refractivity contribution is 7.92. The van der Waals surface area contributed by atoms with Crippen molar-refractivity contribution in [2.45, 2.75) is 30.0 Å². The summed E-state index contributed by atoms with van der Waals surface area (Å²) in [6.07, 6.45) is 0. The molecule has 0 fully saturated rings. The van der Waals surface area contributed by atoms with Gasteiger partial charge in [0.1, 0.15) is 0 Å². The summed E-state index contributed by atoms with van der Waals surface area (Å²) in [5.74, 6) is 0. The maximum Gasteiger partial charge on any atom is 0.182 e. The summed E-state index contributed by atoms with van der Waals surface area (Å²) in [4.78, 5) is 0.338. The predicted octanol–water partition coefficient (Wildman–Crippen LogP) is 1.20. The van der Waals surface area contributed by atoms with Crippen molar-refractivity contribution in [2.24, 2.45) is 5.73 Å². The van der Waals surface area contributed by atoms with Crippen molar-refractivity contribution in [3.05, 3.63) is 30.3 Å². The first kappa shape index (κ1) is 11.2. The number of rotatable bonds is 3. The Morgan fingerprint density at radius 2 is 1.64 bits per heavy atom. The quantitative estimate of drug-likeness (QED) is 0.820. The molecule has 2 unspecified atom stereocenters. The van der Waals surface area contributed by atoms with E-state index < -0.39 is 15.1 Å².